The van der Waals surface area contributed by atoms with Crippen LogP contribution >= 0.6 is 0 Å². The molecule has 0 bridgehead atoms. The molecule has 2 fully saturated rings. The van der Waals surface area contributed by atoms with Gasteiger partial charge in [0.05, 0.1) is 13.2 Å². The van der Waals surface area contributed by atoms with E-state index in [1.165, 1.54) is 18.1 Å². The van der Waals surface area contributed by atoms with Gasteiger partial charge in [-0.25, -0.2) is 8.78 Å². The number of likely N-dealkylation sites (tertiary alicyclic amines) is 1. The van der Waals surface area contributed by atoms with Crippen molar-refractivity contribution in [3.8, 4) is 11.5 Å². The Labute approximate surface area is 245 Å². The lowest BCUT2D eigenvalue weighted by atomic mass is 10.0. The van der Waals surface area contributed by atoms with Gasteiger partial charge in [-0.2, -0.15) is 0 Å². The molecule has 0 unspecified atom stereocenters. The van der Waals surface area contributed by atoms with E-state index in [1.54, 1.807) is 0 Å². The molecule has 2 aliphatic heterocycles. The molecule has 2 aromatic rings. The minimum absolute atomic E-state index is 0.00194. The number of hydrogen-bond acceptors (Lipinski definition) is 7. The van der Waals surface area contributed by atoms with Crippen molar-refractivity contribution in [3.63, 3.8) is 0 Å². The average Bonchev–Trinajstić information content (AvgIpc) is 3.27. The molecular formula is C31H41F2N3O6. The second kappa shape index (κ2) is 15.3. The van der Waals surface area contributed by atoms with E-state index in [0.717, 1.165) is 55.7 Å². The predicted octanol–water partition coefficient (Wildman–Crippen LogP) is 3.24. The Bertz CT molecular complexity index is 1200. The molecule has 2 aromatic carbocycles. The highest BCUT2D eigenvalue weighted by molar-refractivity contribution is 5.77. The van der Waals surface area contributed by atoms with Gasteiger partial charge in [0.1, 0.15) is 30.3 Å². The van der Waals surface area contributed by atoms with Crippen LogP contribution in [-0.4, -0.2) is 103 Å². The van der Waals surface area contributed by atoms with Crippen LogP contribution in [0.5, 0.6) is 11.5 Å². The summed E-state index contributed by atoms with van der Waals surface area (Å²) in [6.45, 7) is 3.19. The van der Waals surface area contributed by atoms with Gasteiger partial charge < -0.3 is 29.1 Å². The lowest BCUT2D eigenvalue weighted by molar-refractivity contribution is -0.138. The zero-order chi connectivity index (χ0) is 30.0. The summed E-state index contributed by atoms with van der Waals surface area (Å²) in [7, 11) is 1.43. The normalized spacial score (nSPS) is 20.2. The highest BCUT2D eigenvalue weighted by Crippen LogP contribution is 2.23. The number of ether oxygens (including phenoxy) is 3. The fraction of sp³-hybridized carbons (Fsp3) is 0.548. The standard InChI is InChI=1S/C31H41F2N3O6/c1-40-20-30(38)36-15-14-34(21-31(39,22-36)23-42-26-10-11-27(32)28(33)18-26)19-24-7-5-8-25(17-24)41-16-6-13-35-12-4-2-3-9-29(35)37/h5,7-8,10-11,17-18,39H,2-4,6,9,12-16,19-23H2,1H3/t31-/m1/s1. The number of aliphatic hydroxyl groups is 1. The van der Waals surface area contributed by atoms with Crippen LogP contribution in [0.1, 0.15) is 37.7 Å². The van der Waals surface area contributed by atoms with Gasteiger partial charge in [-0.15, -0.1) is 0 Å². The van der Waals surface area contributed by atoms with Gasteiger partial charge >= 0.3 is 0 Å². The van der Waals surface area contributed by atoms with Gasteiger partial charge in [0.2, 0.25) is 11.8 Å². The number of carbonyl (C=O) groups excluding carboxylic acids is 2. The first-order valence-electron chi connectivity index (χ1n) is 14.5. The van der Waals surface area contributed by atoms with Crippen LogP contribution in [-0.2, 0) is 20.9 Å². The summed E-state index contributed by atoms with van der Waals surface area (Å²) in [6.07, 6.45) is 4.50. The Morgan fingerprint density at radius 3 is 2.62 bits per heavy atom. The van der Waals surface area contributed by atoms with Crippen molar-refractivity contribution in [2.45, 2.75) is 44.2 Å². The van der Waals surface area contributed by atoms with E-state index >= 15 is 0 Å². The van der Waals surface area contributed by atoms with Crippen molar-refractivity contribution in [2.75, 3.05) is 66.2 Å². The summed E-state index contributed by atoms with van der Waals surface area (Å²) >= 11 is 0. The monoisotopic (exact) mass is 589 g/mol. The molecule has 0 aromatic heterocycles. The quantitative estimate of drug-likeness (QED) is 0.380. The van der Waals surface area contributed by atoms with Gasteiger partial charge in [-0.1, -0.05) is 18.6 Å². The van der Waals surface area contributed by atoms with E-state index in [2.05, 4.69) is 0 Å². The molecule has 2 amide bonds. The van der Waals surface area contributed by atoms with Crippen molar-refractivity contribution >= 4 is 11.8 Å². The van der Waals surface area contributed by atoms with Gasteiger partial charge in [-0.05, 0) is 49.1 Å². The van der Waals surface area contributed by atoms with Gasteiger partial charge in [-0.3, -0.25) is 14.5 Å². The van der Waals surface area contributed by atoms with Crippen molar-refractivity contribution in [1.29, 1.82) is 0 Å². The molecule has 0 aliphatic carbocycles. The lowest BCUT2D eigenvalue weighted by Gasteiger charge is -2.33. The Morgan fingerprint density at radius 2 is 1.81 bits per heavy atom. The van der Waals surface area contributed by atoms with Crippen LogP contribution in [0.2, 0.25) is 0 Å². The average molecular weight is 590 g/mol. The highest BCUT2D eigenvalue weighted by Gasteiger charge is 2.37. The maximum absolute atomic E-state index is 13.7. The zero-order valence-corrected chi connectivity index (χ0v) is 24.2. The maximum atomic E-state index is 13.7. The number of amides is 2. The minimum Gasteiger partial charge on any atom is -0.494 e. The third-order valence-electron chi connectivity index (χ3n) is 7.53. The number of halogens is 2. The zero-order valence-electron chi connectivity index (χ0n) is 24.2. The third kappa shape index (κ3) is 9.37. The summed E-state index contributed by atoms with van der Waals surface area (Å²) in [5, 5.41) is 11.6. The Balaban J connectivity index is 1.36. The summed E-state index contributed by atoms with van der Waals surface area (Å²) in [4.78, 5) is 30.4. The van der Waals surface area contributed by atoms with Crippen molar-refractivity contribution < 1.29 is 37.7 Å². The fourth-order valence-electron chi connectivity index (χ4n) is 5.39. The summed E-state index contributed by atoms with van der Waals surface area (Å²) in [5.74, 6) is -1.27. The van der Waals surface area contributed by atoms with Crippen molar-refractivity contribution in [3.05, 3.63) is 59.7 Å². The van der Waals surface area contributed by atoms with Crippen LogP contribution in [0.3, 0.4) is 0 Å². The first-order valence-corrected chi connectivity index (χ1v) is 14.5. The molecule has 0 spiro atoms. The van der Waals surface area contributed by atoms with Gasteiger partial charge in [0, 0.05) is 58.9 Å². The molecule has 2 aliphatic rings. The molecule has 42 heavy (non-hydrogen) atoms. The molecule has 0 saturated carbocycles. The SMILES string of the molecule is COCC(=O)N1CCN(Cc2cccc(OCCCN3CCCCCC3=O)c2)C[C@](O)(COc2ccc(F)c(F)c2)C1. The number of benzene rings is 2. The van der Waals surface area contributed by atoms with Crippen molar-refractivity contribution in [1.82, 2.24) is 14.7 Å². The molecular weight excluding hydrogens is 548 g/mol. The number of carbonyl (C=O) groups is 2. The smallest absolute Gasteiger partial charge is 0.248 e. The first kappa shape index (κ1) is 31.7. The van der Waals surface area contributed by atoms with E-state index in [-0.39, 0.29) is 43.9 Å². The predicted molar refractivity (Wildman–Crippen MR) is 152 cm³/mol. The summed E-state index contributed by atoms with van der Waals surface area (Å²) < 4.78 is 43.7. The topological polar surface area (TPSA) is 91.8 Å². The molecule has 9 nitrogen and oxygen atoms in total. The number of hydrogen-bond donors (Lipinski definition) is 1. The van der Waals surface area contributed by atoms with Crippen LogP contribution in [0.4, 0.5) is 8.78 Å². The van der Waals surface area contributed by atoms with Gasteiger partial charge in [0.15, 0.2) is 11.6 Å². The Hall–Kier alpha value is -3.28. The molecule has 0 radical (unpaired) electrons. The third-order valence-corrected chi connectivity index (χ3v) is 7.53. The molecule has 1 atom stereocenters. The largest absolute Gasteiger partial charge is 0.494 e. The van der Waals surface area contributed by atoms with E-state index in [1.807, 2.05) is 34.1 Å². The molecule has 11 heteroatoms. The summed E-state index contributed by atoms with van der Waals surface area (Å²) in [5.41, 5.74) is -0.514. The van der Waals surface area contributed by atoms with E-state index in [0.29, 0.717) is 39.2 Å². The summed E-state index contributed by atoms with van der Waals surface area (Å²) in [6, 6.07) is 10.9. The molecule has 2 heterocycles. The van der Waals surface area contributed by atoms with Crippen LogP contribution in [0, 0.1) is 11.6 Å². The van der Waals surface area contributed by atoms with E-state index in [4.69, 9.17) is 14.2 Å². The van der Waals surface area contributed by atoms with Crippen LogP contribution in [0.25, 0.3) is 0 Å². The fourth-order valence-corrected chi connectivity index (χ4v) is 5.39. The number of methoxy groups -OCH3 is 1. The first-order chi connectivity index (χ1) is 20.2. The molecule has 2 saturated heterocycles. The second-order valence-electron chi connectivity index (χ2n) is 11.1. The molecule has 230 valence electrons. The van der Waals surface area contributed by atoms with E-state index in [9.17, 15) is 23.5 Å². The highest BCUT2D eigenvalue weighted by atomic mass is 19.2. The number of β-amino-alcohol motifs (C(OH)–C–C–N with tert-alkyl or cyclic N) is 1. The lowest BCUT2D eigenvalue weighted by Crippen LogP contribution is -2.52. The maximum Gasteiger partial charge on any atom is 0.248 e. The Kier molecular flexibility index (Phi) is 11.5. The van der Waals surface area contributed by atoms with Gasteiger partial charge in [0.25, 0.3) is 0 Å². The van der Waals surface area contributed by atoms with E-state index < -0.39 is 17.2 Å². The number of rotatable bonds is 12. The van der Waals surface area contributed by atoms with Crippen LogP contribution in [0.15, 0.2) is 42.5 Å². The molecule has 4 rings (SSSR count). The van der Waals surface area contributed by atoms with Crippen molar-refractivity contribution in [2.24, 2.45) is 0 Å². The molecule has 1 N–H and O–H groups in total. The van der Waals surface area contributed by atoms with Crippen LogP contribution < -0.4 is 9.47 Å². The Morgan fingerprint density at radius 1 is 0.976 bits per heavy atom. The minimum atomic E-state index is -1.48. The number of nitrogens with zero attached hydrogens (tertiary/aromatic N) is 3. The second-order valence-corrected chi connectivity index (χ2v) is 11.1.